The van der Waals surface area contributed by atoms with E-state index in [1.54, 1.807) is 18.5 Å². The quantitative estimate of drug-likeness (QED) is 0.177. The average molecular weight is 587 g/mol. The zero-order valence-corrected chi connectivity index (χ0v) is 23.3. The molecular weight excluding hydrogens is 549 g/mol. The Bertz CT molecular complexity index is 1110. The van der Waals surface area contributed by atoms with Gasteiger partial charge in [-0.1, -0.05) is 77.3 Å². The molecule has 3 heterocycles. The summed E-state index contributed by atoms with van der Waals surface area (Å²) in [6, 6.07) is 11.3. The number of hydrogen-bond acceptors (Lipinski definition) is 8. The zero-order chi connectivity index (χ0) is 27.9. The molecule has 0 spiro atoms. The van der Waals surface area contributed by atoms with Gasteiger partial charge in [0.1, 0.15) is 16.5 Å². The fraction of sp³-hybridized carbons (Fsp3) is 0.393. The second-order valence-corrected chi connectivity index (χ2v) is 8.13. The van der Waals surface area contributed by atoms with Crippen molar-refractivity contribution >= 4 is 24.2 Å². The summed E-state index contributed by atoms with van der Waals surface area (Å²) in [5.74, 6) is 0. The van der Waals surface area contributed by atoms with Gasteiger partial charge < -0.3 is 5.11 Å². The number of rotatable bonds is 9. The predicted octanol–water partition coefficient (Wildman–Crippen LogP) is 6.27. The van der Waals surface area contributed by atoms with Crippen molar-refractivity contribution < 1.29 is 37.2 Å². The van der Waals surface area contributed by atoms with Gasteiger partial charge in [0.2, 0.25) is 0 Å². The van der Waals surface area contributed by atoms with Crippen molar-refractivity contribution in [3.8, 4) is 0 Å². The molecule has 8 nitrogen and oxygen atoms in total. The molecule has 10 heteroatoms. The molecule has 209 valence electrons. The van der Waals surface area contributed by atoms with Crippen LogP contribution >= 0.6 is 11.6 Å². The number of carbonyl (C=O) groups is 2. The van der Waals surface area contributed by atoms with Gasteiger partial charge in [-0.05, 0) is 54.2 Å². The molecule has 3 rings (SSSR count). The van der Waals surface area contributed by atoms with Crippen molar-refractivity contribution in [1.82, 2.24) is 15.0 Å². The van der Waals surface area contributed by atoms with Gasteiger partial charge in [0, 0.05) is 12.4 Å². The van der Waals surface area contributed by atoms with Crippen molar-refractivity contribution in [2.24, 2.45) is 0 Å². The normalized spacial score (nSPS) is 9.08. The molecule has 0 aliphatic heterocycles. The van der Waals surface area contributed by atoms with E-state index in [1.807, 2.05) is 30.3 Å². The van der Waals surface area contributed by atoms with Gasteiger partial charge in [0.25, 0.3) is 0 Å². The number of pyridine rings is 3. The van der Waals surface area contributed by atoms with E-state index >= 15 is 0 Å². The Kier molecular flexibility index (Phi) is 24.1. The Labute approximate surface area is 236 Å². The summed E-state index contributed by atoms with van der Waals surface area (Å²) in [7, 11) is 0. The summed E-state index contributed by atoms with van der Waals surface area (Å²) in [5.41, 5.74) is 5.03. The first-order valence-electron chi connectivity index (χ1n) is 11.9. The third-order valence-corrected chi connectivity index (χ3v) is 5.03. The fourth-order valence-electron chi connectivity index (χ4n) is 3.21. The van der Waals surface area contributed by atoms with Crippen LogP contribution in [-0.2, 0) is 48.4 Å². The molecule has 0 fully saturated rings. The van der Waals surface area contributed by atoms with Gasteiger partial charge in [0.05, 0.1) is 12.3 Å². The molecule has 0 aromatic carbocycles. The number of halogens is 1. The standard InChI is InChI=1S/C9H10ClNO.C9H13NO.C9H11NO.CH4.Mn.2O/c1-2-3-7-4-5-9(10)11-8(7)6-12;2*1-2-4-8-5-3-6-10-9(8)7-11;;;;/h4-6H,2-3H2,1H3;3,5-6,11H,2,4,7H2,1H3;3,5-7H,2,4H2,1H3;1H4;;;. The van der Waals surface area contributed by atoms with E-state index < -0.39 is 14.8 Å². The van der Waals surface area contributed by atoms with Crippen LogP contribution in [0.5, 0.6) is 0 Å². The molecule has 0 aliphatic rings. The number of aromatic nitrogens is 3. The summed E-state index contributed by atoms with van der Waals surface area (Å²) < 4.78 is 16.8. The number of aryl methyl sites for hydroxylation is 3. The summed E-state index contributed by atoms with van der Waals surface area (Å²) in [5, 5.41) is 9.25. The summed E-state index contributed by atoms with van der Waals surface area (Å²) in [4.78, 5) is 32.9. The molecule has 38 heavy (non-hydrogen) atoms. The maximum absolute atomic E-state index is 10.5. The third-order valence-electron chi connectivity index (χ3n) is 4.82. The monoisotopic (exact) mass is 586 g/mol. The van der Waals surface area contributed by atoms with Crippen molar-refractivity contribution in [2.75, 3.05) is 0 Å². The van der Waals surface area contributed by atoms with E-state index in [0.717, 1.165) is 73.5 Å². The van der Waals surface area contributed by atoms with E-state index in [4.69, 9.17) is 24.4 Å². The van der Waals surface area contributed by atoms with Gasteiger partial charge in [-0.15, -0.1) is 0 Å². The Hall–Kier alpha value is -2.84. The summed E-state index contributed by atoms with van der Waals surface area (Å²) in [6.45, 7) is 6.31. The summed E-state index contributed by atoms with van der Waals surface area (Å²) >= 11 is 4.19. The SMILES string of the molecule is C.CCCc1ccc(Cl)nc1C=O.CCCc1cccnc1C=O.CCCc1cccnc1CO.[O]=[Mn]=[O]. The molecule has 0 amide bonds. The van der Waals surface area contributed by atoms with Gasteiger partial charge in [-0.3, -0.25) is 19.6 Å². The second-order valence-electron chi connectivity index (χ2n) is 7.54. The molecule has 3 aromatic heterocycles. The molecule has 0 radical (unpaired) electrons. The van der Waals surface area contributed by atoms with E-state index in [-0.39, 0.29) is 14.0 Å². The number of nitrogens with zero attached hydrogens (tertiary/aromatic N) is 3. The number of aliphatic hydroxyl groups is 1. The van der Waals surface area contributed by atoms with Crippen molar-refractivity contribution in [3.05, 3.63) is 87.7 Å². The van der Waals surface area contributed by atoms with Crippen molar-refractivity contribution in [3.63, 3.8) is 0 Å². The van der Waals surface area contributed by atoms with Crippen LogP contribution in [0.2, 0.25) is 5.15 Å². The van der Waals surface area contributed by atoms with Crippen LogP contribution in [0.3, 0.4) is 0 Å². The minimum absolute atomic E-state index is 0. The molecule has 0 atom stereocenters. The van der Waals surface area contributed by atoms with Crippen LogP contribution in [-0.4, -0.2) is 32.6 Å². The van der Waals surface area contributed by atoms with Crippen LogP contribution in [0.15, 0.2) is 48.8 Å². The molecule has 0 saturated heterocycles. The molecule has 1 N–H and O–H groups in total. The number of carbonyl (C=O) groups excluding carboxylic acids is 2. The number of hydrogen-bond donors (Lipinski definition) is 1. The van der Waals surface area contributed by atoms with Crippen LogP contribution in [0.1, 0.15) is 90.8 Å². The topological polar surface area (TPSA) is 127 Å². The molecule has 0 aliphatic carbocycles. The average Bonchev–Trinajstić information content (AvgIpc) is 2.92. The Morgan fingerprint density at radius 2 is 1.26 bits per heavy atom. The van der Waals surface area contributed by atoms with E-state index in [0.29, 0.717) is 16.5 Å². The predicted molar refractivity (Wildman–Crippen MR) is 145 cm³/mol. The van der Waals surface area contributed by atoms with Gasteiger partial charge >= 0.3 is 22.5 Å². The van der Waals surface area contributed by atoms with Crippen LogP contribution in [0.4, 0.5) is 0 Å². The Morgan fingerprint density at radius 3 is 1.76 bits per heavy atom. The van der Waals surface area contributed by atoms with E-state index in [9.17, 15) is 9.59 Å². The van der Waals surface area contributed by atoms with Crippen LogP contribution in [0, 0.1) is 0 Å². The molecule has 0 bridgehead atoms. The second kappa shape index (κ2) is 24.5. The van der Waals surface area contributed by atoms with Crippen molar-refractivity contribution in [2.45, 2.75) is 73.3 Å². The van der Waals surface area contributed by atoms with Gasteiger partial charge in [-0.25, -0.2) is 4.98 Å². The minimum atomic E-state index is -1.44. The number of aliphatic hydroxyl groups excluding tert-OH is 1. The molecular formula is C28H38ClMnN3O5. The van der Waals surface area contributed by atoms with Crippen molar-refractivity contribution in [1.29, 1.82) is 0 Å². The number of aldehydes is 2. The molecule has 0 unspecified atom stereocenters. The van der Waals surface area contributed by atoms with Gasteiger partial charge in [-0.2, -0.15) is 0 Å². The summed E-state index contributed by atoms with van der Waals surface area (Å²) in [6.07, 6.45) is 10.9. The molecule has 3 aromatic rings. The Morgan fingerprint density at radius 1 is 0.789 bits per heavy atom. The van der Waals surface area contributed by atoms with E-state index in [2.05, 4.69) is 35.7 Å². The fourth-order valence-corrected chi connectivity index (χ4v) is 3.36. The first-order valence-corrected chi connectivity index (χ1v) is 13.2. The first-order chi connectivity index (χ1) is 17.9. The Balaban J connectivity index is 0. The van der Waals surface area contributed by atoms with Crippen LogP contribution < -0.4 is 0 Å². The molecule has 0 saturated carbocycles. The maximum atomic E-state index is 10.5. The third kappa shape index (κ3) is 15.4. The van der Waals surface area contributed by atoms with Gasteiger partial charge in [0.15, 0.2) is 12.6 Å². The zero-order valence-electron chi connectivity index (χ0n) is 21.4. The first kappa shape index (κ1) is 37.3. The van der Waals surface area contributed by atoms with E-state index in [1.165, 1.54) is 0 Å². The van der Waals surface area contributed by atoms with Crippen LogP contribution in [0.25, 0.3) is 0 Å².